The lowest BCUT2D eigenvalue weighted by Crippen LogP contribution is -2.51. The van der Waals surface area contributed by atoms with E-state index in [9.17, 15) is 17.6 Å². The quantitative estimate of drug-likeness (QED) is 0.748. The van der Waals surface area contributed by atoms with Crippen molar-refractivity contribution < 1.29 is 12.8 Å². The smallest absolute Gasteiger partial charge is 0.268 e. The van der Waals surface area contributed by atoms with Gasteiger partial charge in [-0.25, -0.2) is 17.5 Å². The third-order valence-electron chi connectivity index (χ3n) is 5.47. The van der Waals surface area contributed by atoms with E-state index in [0.717, 1.165) is 31.7 Å². The monoisotopic (exact) mass is 406 g/mol. The van der Waals surface area contributed by atoms with E-state index in [1.165, 1.54) is 22.9 Å². The SMILES string of the molecule is O=c1ccc(-c2ccc(F)cc2)nn1CN1CCN([C@@H]2CCS(=O)(=O)C2)CC1. The fraction of sp³-hybridized carbons (Fsp3) is 0.474. The highest BCUT2D eigenvalue weighted by Gasteiger charge is 2.33. The highest BCUT2D eigenvalue weighted by molar-refractivity contribution is 7.91. The summed E-state index contributed by atoms with van der Waals surface area (Å²) in [6, 6.07) is 9.26. The average molecular weight is 406 g/mol. The van der Waals surface area contributed by atoms with E-state index in [1.807, 2.05) is 0 Å². The molecule has 7 nitrogen and oxygen atoms in total. The van der Waals surface area contributed by atoms with Gasteiger partial charge in [-0.3, -0.25) is 14.6 Å². The molecule has 150 valence electrons. The Morgan fingerprint density at radius 2 is 1.75 bits per heavy atom. The van der Waals surface area contributed by atoms with Crippen LogP contribution in [0.15, 0.2) is 41.2 Å². The second kappa shape index (κ2) is 7.73. The van der Waals surface area contributed by atoms with E-state index in [1.54, 1.807) is 18.2 Å². The number of piperazine rings is 1. The normalized spacial score (nSPS) is 23.1. The minimum Gasteiger partial charge on any atom is -0.297 e. The summed E-state index contributed by atoms with van der Waals surface area (Å²) in [5.74, 6) is 0.228. The maximum absolute atomic E-state index is 13.1. The molecule has 0 unspecified atom stereocenters. The Hall–Kier alpha value is -2.10. The number of rotatable bonds is 4. The van der Waals surface area contributed by atoms with E-state index in [0.29, 0.717) is 18.8 Å². The van der Waals surface area contributed by atoms with Crippen LogP contribution in [0.3, 0.4) is 0 Å². The van der Waals surface area contributed by atoms with Crippen molar-refractivity contribution in [2.45, 2.75) is 19.1 Å². The van der Waals surface area contributed by atoms with Crippen molar-refractivity contribution >= 4 is 9.84 Å². The predicted molar refractivity (Wildman–Crippen MR) is 104 cm³/mol. The Labute approximate surface area is 163 Å². The number of hydrogen-bond acceptors (Lipinski definition) is 6. The van der Waals surface area contributed by atoms with Crippen molar-refractivity contribution in [2.75, 3.05) is 37.7 Å². The van der Waals surface area contributed by atoms with Crippen LogP contribution in [-0.4, -0.2) is 71.7 Å². The van der Waals surface area contributed by atoms with E-state index in [4.69, 9.17) is 0 Å². The van der Waals surface area contributed by atoms with Crippen LogP contribution in [0.4, 0.5) is 4.39 Å². The predicted octanol–water partition coefficient (Wildman–Crippen LogP) is 0.812. The Balaban J connectivity index is 1.40. The first kappa shape index (κ1) is 19.2. The molecule has 0 N–H and O–H groups in total. The third-order valence-corrected chi connectivity index (χ3v) is 7.22. The highest BCUT2D eigenvalue weighted by atomic mass is 32.2. The zero-order valence-electron chi connectivity index (χ0n) is 15.5. The van der Waals surface area contributed by atoms with Crippen LogP contribution in [0.2, 0.25) is 0 Å². The molecule has 0 amide bonds. The molecule has 1 atom stereocenters. The first-order valence-corrected chi connectivity index (χ1v) is 11.2. The van der Waals surface area contributed by atoms with Crippen LogP contribution >= 0.6 is 0 Å². The van der Waals surface area contributed by atoms with Crippen LogP contribution in [0.25, 0.3) is 11.3 Å². The van der Waals surface area contributed by atoms with Gasteiger partial charge in [-0.05, 0) is 36.8 Å². The lowest BCUT2D eigenvalue weighted by atomic mass is 10.1. The molecule has 4 rings (SSSR count). The number of hydrogen-bond donors (Lipinski definition) is 0. The summed E-state index contributed by atoms with van der Waals surface area (Å²) < 4.78 is 37.9. The lowest BCUT2D eigenvalue weighted by molar-refractivity contribution is 0.0800. The largest absolute Gasteiger partial charge is 0.297 e. The van der Waals surface area contributed by atoms with Gasteiger partial charge in [0, 0.05) is 43.9 Å². The van der Waals surface area contributed by atoms with Crippen molar-refractivity contribution in [3.05, 3.63) is 52.6 Å². The van der Waals surface area contributed by atoms with Crippen LogP contribution in [-0.2, 0) is 16.5 Å². The zero-order chi connectivity index (χ0) is 19.7. The maximum atomic E-state index is 13.1. The van der Waals surface area contributed by atoms with Crippen LogP contribution in [0.1, 0.15) is 6.42 Å². The first-order valence-electron chi connectivity index (χ1n) is 9.41. The topological polar surface area (TPSA) is 75.5 Å². The molecular weight excluding hydrogens is 383 g/mol. The molecule has 1 aromatic heterocycles. The van der Waals surface area contributed by atoms with Gasteiger partial charge in [0.1, 0.15) is 5.82 Å². The summed E-state index contributed by atoms with van der Waals surface area (Å²) in [6.07, 6.45) is 0.711. The number of benzene rings is 1. The molecule has 0 radical (unpaired) electrons. The number of nitrogens with zero attached hydrogens (tertiary/aromatic N) is 4. The Morgan fingerprint density at radius 1 is 1.04 bits per heavy atom. The molecule has 0 saturated carbocycles. The average Bonchev–Trinajstić information content (AvgIpc) is 3.05. The summed E-state index contributed by atoms with van der Waals surface area (Å²) >= 11 is 0. The molecule has 9 heteroatoms. The van der Waals surface area contributed by atoms with Gasteiger partial charge in [0.25, 0.3) is 5.56 Å². The molecule has 1 aromatic carbocycles. The third kappa shape index (κ3) is 4.31. The summed E-state index contributed by atoms with van der Waals surface area (Å²) in [5.41, 5.74) is 1.19. The molecule has 3 heterocycles. The second-order valence-corrected chi connectivity index (χ2v) is 9.64. The van der Waals surface area contributed by atoms with Crippen molar-refractivity contribution in [1.82, 2.24) is 19.6 Å². The molecule has 2 aliphatic heterocycles. The van der Waals surface area contributed by atoms with Crippen molar-refractivity contribution in [3.8, 4) is 11.3 Å². The molecule has 2 saturated heterocycles. The Morgan fingerprint density at radius 3 is 2.39 bits per heavy atom. The van der Waals surface area contributed by atoms with E-state index in [2.05, 4.69) is 14.9 Å². The molecule has 2 fully saturated rings. The summed E-state index contributed by atoms with van der Waals surface area (Å²) in [5, 5.41) is 4.43. The highest BCUT2D eigenvalue weighted by Crippen LogP contribution is 2.19. The molecular formula is C19H23FN4O3S. The van der Waals surface area contributed by atoms with Crippen molar-refractivity contribution in [1.29, 1.82) is 0 Å². The fourth-order valence-corrected chi connectivity index (χ4v) is 5.61. The van der Waals surface area contributed by atoms with E-state index >= 15 is 0 Å². The van der Waals surface area contributed by atoms with Gasteiger partial charge in [-0.2, -0.15) is 5.10 Å². The second-order valence-electron chi connectivity index (χ2n) is 7.42. The zero-order valence-corrected chi connectivity index (χ0v) is 16.3. The fourth-order valence-electron chi connectivity index (χ4n) is 3.85. The molecule has 28 heavy (non-hydrogen) atoms. The summed E-state index contributed by atoms with van der Waals surface area (Å²) in [6.45, 7) is 3.46. The Bertz CT molecular complexity index is 999. The van der Waals surface area contributed by atoms with Gasteiger partial charge in [0.15, 0.2) is 9.84 Å². The van der Waals surface area contributed by atoms with Crippen LogP contribution < -0.4 is 5.56 Å². The van der Waals surface area contributed by atoms with Crippen molar-refractivity contribution in [3.63, 3.8) is 0 Å². The van der Waals surface area contributed by atoms with Crippen LogP contribution in [0, 0.1) is 5.82 Å². The van der Waals surface area contributed by atoms with Gasteiger partial charge >= 0.3 is 0 Å². The van der Waals surface area contributed by atoms with E-state index < -0.39 is 9.84 Å². The van der Waals surface area contributed by atoms with Gasteiger partial charge in [-0.15, -0.1) is 0 Å². The molecule has 0 spiro atoms. The summed E-state index contributed by atoms with van der Waals surface area (Å²) in [4.78, 5) is 16.6. The minimum atomic E-state index is -2.88. The Kier molecular flexibility index (Phi) is 5.31. The lowest BCUT2D eigenvalue weighted by Gasteiger charge is -2.37. The first-order chi connectivity index (χ1) is 13.4. The maximum Gasteiger partial charge on any atom is 0.268 e. The van der Waals surface area contributed by atoms with Gasteiger partial charge < -0.3 is 0 Å². The van der Waals surface area contributed by atoms with E-state index in [-0.39, 0.29) is 28.9 Å². The van der Waals surface area contributed by atoms with Gasteiger partial charge in [-0.1, -0.05) is 0 Å². The van der Waals surface area contributed by atoms with Gasteiger partial charge in [0.2, 0.25) is 0 Å². The molecule has 2 aromatic rings. The number of halogens is 1. The summed E-state index contributed by atoms with van der Waals surface area (Å²) in [7, 11) is -2.88. The number of sulfone groups is 1. The molecule has 2 aliphatic rings. The number of aromatic nitrogens is 2. The van der Waals surface area contributed by atoms with Gasteiger partial charge in [0.05, 0.1) is 23.9 Å². The van der Waals surface area contributed by atoms with Crippen molar-refractivity contribution in [2.24, 2.45) is 0 Å². The van der Waals surface area contributed by atoms with Crippen LogP contribution in [0.5, 0.6) is 0 Å². The molecule has 0 aliphatic carbocycles. The molecule has 0 bridgehead atoms. The minimum absolute atomic E-state index is 0.120. The standard InChI is InChI=1S/C19H23FN4O3S/c20-16-3-1-15(2-4-16)18-5-6-19(25)24(21-18)14-22-8-10-23(11-9-22)17-7-12-28(26,27)13-17/h1-6,17H,7-14H2/t17-/m1/s1.